The van der Waals surface area contributed by atoms with Crippen LogP contribution < -0.4 is 10.5 Å². The molecule has 2 heterocycles. The van der Waals surface area contributed by atoms with Crippen molar-refractivity contribution in [2.45, 2.75) is 38.8 Å². The van der Waals surface area contributed by atoms with E-state index >= 15 is 0 Å². The molecule has 0 saturated carbocycles. The summed E-state index contributed by atoms with van der Waals surface area (Å²) in [5.41, 5.74) is 7.40. The Morgan fingerprint density at radius 3 is 2.90 bits per heavy atom. The van der Waals surface area contributed by atoms with Crippen LogP contribution in [0, 0.1) is 11.8 Å². The predicted molar refractivity (Wildman–Crippen MR) is 81.8 cm³/mol. The van der Waals surface area contributed by atoms with E-state index in [2.05, 4.69) is 43.0 Å². The topological polar surface area (TPSA) is 38.5 Å². The van der Waals surface area contributed by atoms with Gasteiger partial charge < -0.3 is 10.5 Å². The molecule has 0 aliphatic carbocycles. The van der Waals surface area contributed by atoms with Gasteiger partial charge in [-0.2, -0.15) is 0 Å². The lowest BCUT2D eigenvalue weighted by Crippen LogP contribution is -2.50. The fourth-order valence-corrected chi connectivity index (χ4v) is 3.85. The van der Waals surface area contributed by atoms with Crippen molar-refractivity contribution in [1.82, 2.24) is 4.90 Å². The summed E-state index contributed by atoms with van der Waals surface area (Å²) in [4.78, 5) is 2.64. The molecule has 4 unspecified atom stereocenters. The van der Waals surface area contributed by atoms with Crippen LogP contribution in [0.3, 0.4) is 0 Å². The zero-order valence-electron chi connectivity index (χ0n) is 12.6. The third-order valence-electron chi connectivity index (χ3n) is 4.93. The van der Waals surface area contributed by atoms with Gasteiger partial charge in [-0.1, -0.05) is 32.0 Å². The molecule has 0 radical (unpaired) electrons. The van der Waals surface area contributed by atoms with Crippen molar-refractivity contribution in [3.05, 3.63) is 29.8 Å². The third-order valence-corrected chi connectivity index (χ3v) is 4.93. The van der Waals surface area contributed by atoms with Crippen LogP contribution in [0.25, 0.3) is 0 Å². The van der Waals surface area contributed by atoms with E-state index in [-0.39, 0.29) is 0 Å². The van der Waals surface area contributed by atoms with E-state index in [0.717, 1.165) is 31.4 Å². The summed E-state index contributed by atoms with van der Waals surface area (Å²) in [5.74, 6) is 2.38. The fourth-order valence-electron chi connectivity index (χ4n) is 3.85. The maximum Gasteiger partial charge on any atom is 0.124 e. The van der Waals surface area contributed by atoms with Crippen molar-refractivity contribution in [1.29, 1.82) is 0 Å². The van der Waals surface area contributed by atoms with Gasteiger partial charge in [-0.25, -0.2) is 0 Å². The zero-order valence-corrected chi connectivity index (χ0v) is 12.6. The molecule has 1 saturated heterocycles. The minimum atomic E-state index is 0.459. The number of benzene rings is 1. The highest BCUT2D eigenvalue weighted by Gasteiger charge is 2.37. The summed E-state index contributed by atoms with van der Waals surface area (Å²) in [5, 5.41) is 0. The SMILES string of the molecule is CC1CCN(C2c3ccccc3OCC2C)C(CN)C1. The number of hydrogen-bond acceptors (Lipinski definition) is 3. The van der Waals surface area contributed by atoms with Crippen LogP contribution in [0.2, 0.25) is 0 Å². The Bertz CT molecular complexity index is 462. The Labute approximate surface area is 122 Å². The van der Waals surface area contributed by atoms with E-state index in [0.29, 0.717) is 18.0 Å². The van der Waals surface area contributed by atoms with Gasteiger partial charge in [-0.15, -0.1) is 0 Å². The predicted octanol–water partition coefficient (Wildman–Crippen LogP) is 2.82. The van der Waals surface area contributed by atoms with Crippen molar-refractivity contribution in [3.8, 4) is 5.75 Å². The van der Waals surface area contributed by atoms with Crippen LogP contribution in [0.4, 0.5) is 0 Å². The van der Waals surface area contributed by atoms with Crippen molar-refractivity contribution >= 4 is 0 Å². The highest BCUT2D eigenvalue weighted by atomic mass is 16.5. The summed E-state index contributed by atoms with van der Waals surface area (Å²) < 4.78 is 5.89. The van der Waals surface area contributed by atoms with Gasteiger partial charge in [0.1, 0.15) is 5.75 Å². The van der Waals surface area contributed by atoms with E-state index in [1.165, 1.54) is 18.4 Å². The molecule has 1 aromatic carbocycles. The quantitative estimate of drug-likeness (QED) is 0.901. The first kappa shape index (κ1) is 13.9. The van der Waals surface area contributed by atoms with Crippen molar-refractivity contribution in [3.63, 3.8) is 0 Å². The monoisotopic (exact) mass is 274 g/mol. The zero-order chi connectivity index (χ0) is 14.1. The molecule has 4 atom stereocenters. The van der Waals surface area contributed by atoms with Crippen LogP contribution in [0.15, 0.2) is 24.3 Å². The Hall–Kier alpha value is -1.06. The second-order valence-electron chi connectivity index (χ2n) is 6.53. The van der Waals surface area contributed by atoms with Gasteiger partial charge >= 0.3 is 0 Å². The lowest BCUT2D eigenvalue weighted by molar-refractivity contribution is 0.0239. The lowest BCUT2D eigenvalue weighted by atomic mass is 9.84. The molecule has 0 aromatic heterocycles. The first-order valence-electron chi connectivity index (χ1n) is 7.88. The Morgan fingerprint density at radius 1 is 1.30 bits per heavy atom. The normalized spacial score (nSPS) is 34.4. The van der Waals surface area contributed by atoms with Crippen LogP contribution in [-0.2, 0) is 0 Å². The van der Waals surface area contributed by atoms with Gasteiger partial charge in [0.2, 0.25) is 0 Å². The fraction of sp³-hybridized carbons (Fsp3) is 0.647. The number of nitrogens with zero attached hydrogens (tertiary/aromatic N) is 1. The number of ether oxygens (including phenoxy) is 1. The highest BCUT2D eigenvalue weighted by Crippen LogP contribution is 2.42. The van der Waals surface area contributed by atoms with Gasteiger partial charge in [-0.3, -0.25) is 4.90 Å². The molecule has 0 amide bonds. The summed E-state index contributed by atoms with van der Waals surface area (Å²) in [6, 6.07) is 9.47. The molecule has 1 aromatic rings. The number of piperidine rings is 1. The van der Waals surface area contributed by atoms with E-state index in [1.807, 2.05) is 0 Å². The van der Waals surface area contributed by atoms with Crippen LogP contribution >= 0.6 is 0 Å². The Kier molecular flexibility index (Phi) is 3.99. The Morgan fingerprint density at radius 2 is 2.10 bits per heavy atom. The van der Waals surface area contributed by atoms with Crippen LogP contribution in [0.1, 0.15) is 38.3 Å². The molecule has 3 rings (SSSR count). The van der Waals surface area contributed by atoms with Gasteiger partial charge in [-0.05, 0) is 31.4 Å². The molecular formula is C17H26N2O. The lowest BCUT2D eigenvalue weighted by Gasteiger charge is -2.47. The molecule has 3 nitrogen and oxygen atoms in total. The third kappa shape index (κ3) is 2.45. The van der Waals surface area contributed by atoms with Crippen molar-refractivity contribution in [2.24, 2.45) is 17.6 Å². The molecule has 20 heavy (non-hydrogen) atoms. The minimum Gasteiger partial charge on any atom is -0.493 e. The largest absolute Gasteiger partial charge is 0.493 e. The number of fused-ring (bicyclic) bond motifs is 1. The average molecular weight is 274 g/mol. The number of rotatable bonds is 2. The first-order chi connectivity index (χ1) is 9.70. The second-order valence-corrected chi connectivity index (χ2v) is 6.53. The number of hydrogen-bond donors (Lipinski definition) is 1. The molecule has 1 fully saturated rings. The summed E-state index contributed by atoms with van der Waals surface area (Å²) in [7, 11) is 0. The van der Waals surface area contributed by atoms with Crippen molar-refractivity contribution in [2.75, 3.05) is 19.7 Å². The molecule has 2 aliphatic heterocycles. The summed E-state index contributed by atoms with van der Waals surface area (Å²) >= 11 is 0. The molecule has 3 heteroatoms. The maximum atomic E-state index is 6.06. The molecule has 110 valence electrons. The molecule has 0 bridgehead atoms. The van der Waals surface area contributed by atoms with Gasteiger partial charge in [0.15, 0.2) is 0 Å². The Balaban J connectivity index is 1.92. The van der Waals surface area contributed by atoms with Gasteiger partial charge in [0.25, 0.3) is 0 Å². The van der Waals surface area contributed by atoms with Crippen LogP contribution in [0.5, 0.6) is 5.75 Å². The second kappa shape index (κ2) is 5.74. The molecule has 0 spiro atoms. The highest BCUT2D eigenvalue weighted by molar-refractivity contribution is 5.38. The summed E-state index contributed by atoms with van der Waals surface area (Å²) in [6.45, 7) is 7.38. The van der Waals surface area contributed by atoms with E-state index < -0.39 is 0 Å². The molecule has 2 N–H and O–H groups in total. The standard InChI is InChI=1S/C17H26N2O/c1-12-7-8-19(14(9-12)10-18)17-13(2)11-20-16-6-4-3-5-15(16)17/h3-6,12-14,17H,7-11,18H2,1-2H3. The maximum absolute atomic E-state index is 6.06. The number of nitrogens with two attached hydrogens (primary N) is 1. The number of para-hydroxylation sites is 1. The van der Waals surface area contributed by atoms with Crippen LogP contribution in [-0.4, -0.2) is 30.6 Å². The van der Waals surface area contributed by atoms with Gasteiger partial charge in [0.05, 0.1) is 6.61 Å². The van der Waals surface area contributed by atoms with Crippen molar-refractivity contribution < 1.29 is 4.74 Å². The average Bonchev–Trinajstić information content (AvgIpc) is 2.48. The summed E-state index contributed by atoms with van der Waals surface area (Å²) in [6.07, 6.45) is 2.51. The smallest absolute Gasteiger partial charge is 0.124 e. The molecular weight excluding hydrogens is 248 g/mol. The van der Waals surface area contributed by atoms with E-state index in [4.69, 9.17) is 10.5 Å². The van der Waals surface area contributed by atoms with E-state index in [1.54, 1.807) is 0 Å². The molecule has 2 aliphatic rings. The first-order valence-corrected chi connectivity index (χ1v) is 7.88. The number of likely N-dealkylation sites (tertiary alicyclic amines) is 1. The van der Waals surface area contributed by atoms with E-state index in [9.17, 15) is 0 Å². The van der Waals surface area contributed by atoms with Gasteiger partial charge in [0, 0.05) is 30.1 Å². The minimum absolute atomic E-state index is 0.459.